The van der Waals surface area contributed by atoms with Crippen LogP contribution in [0.3, 0.4) is 0 Å². The summed E-state index contributed by atoms with van der Waals surface area (Å²) in [6.07, 6.45) is 2.74. The van der Waals surface area contributed by atoms with Gasteiger partial charge in [0.1, 0.15) is 5.78 Å². The number of ketones is 1. The lowest BCUT2D eigenvalue weighted by atomic mass is 9.92. The molecule has 0 radical (unpaired) electrons. The summed E-state index contributed by atoms with van der Waals surface area (Å²) < 4.78 is 26.7. The summed E-state index contributed by atoms with van der Waals surface area (Å²) in [6, 6.07) is 0. The molecule has 0 aromatic carbocycles. The summed E-state index contributed by atoms with van der Waals surface area (Å²) in [5.41, 5.74) is 0. The standard InChI is InChI=1S/C12H25N3O3S/c1-11(16)10-12-4-7-15(8-5-12)9-6-13-19(17,18)14(2)3/h12-13H,4-10H2,1-3H3. The molecular weight excluding hydrogens is 266 g/mol. The molecule has 6 nitrogen and oxygen atoms in total. The van der Waals surface area contributed by atoms with Gasteiger partial charge in [-0.15, -0.1) is 0 Å². The Balaban J connectivity index is 2.22. The molecule has 1 rings (SSSR count). The second-order valence-corrected chi connectivity index (χ2v) is 7.34. The molecule has 1 saturated heterocycles. The van der Waals surface area contributed by atoms with E-state index in [2.05, 4.69) is 9.62 Å². The second kappa shape index (κ2) is 7.33. The number of likely N-dealkylation sites (tertiary alicyclic amines) is 1. The first-order chi connectivity index (χ1) is 8.81. The molecule has 1 N–H and O–H groups in total. The Bertz CT molecular complexity index is 387. The van der Waals surface area contributed by atoms with Crippen LogP contribution in [0.2, 0.25) is 0 Å². The van der Waals surface area contributed by atoms with Gasteiger partial charge in [0.25, 0.3) is 10.2 Å². The molecule has 0 atom stereocenters. The first-order valence-electron chi connectivity index (χ1n) is 6.70. The third-order valence-corrected chi connectivity index (χ3v) is 5.01. The van der Waals surface area contributed by atoms with Gasteiger partial charge in [0.15, 0.2) is 0 Å². The Morgan fingerprint density at radius 2 is 1.89 bits per heavy atom. The lowest BCUT2D eigenvalue weighted by molar-refractivity contribution is -0.118. The van der Waals surface area contributed by atoms with Crippen molar-refractivity contribution in [2.24, 2.45) is 5.92 Å². The van der Waals surface area contributed by atoms with Crippen LogP contribution in [0.1, 0.15) is 26.2 Å². The van der Waals surface area contributed by atoms with Gasteiger partial charge < -0.3 is 9.69 Å². The Labute approximate surface area is 116 Å². The minimum Gasteiger partial charge on any atom is -0.302 e. The van der Waals surface area contributed by atoms with Gasteiger partial charge in [0, 0.05) is 33.6 Å². The Kier molecular flexibility index (Phi) is 6.38. The molecule has 1 aliphatic heterocycles. The fraction of sp³-hybridized carbons (Fsp3) is 0.917. The molecule has 1 aliphatic rings. The summed E-state index contributed by atoms with van der Waals surface area (Å²) in [5.74, 6) is 0.768. The highest BCUT2D eigenvalue weighted by Crippen LogP contribution is 2.20. The van der Waals surface area contributed by atoms with Gasteiger partial charge in [0.2, 0.25) is 0 Å². The normalized spacial score (nSPS) is 18.9. The van der Waals surface area contributed by atoms with E-state index in [1.165, 1.54) is 18.4 Å². The molecule has 0 spiro atoms. The van der Waals surface area contributed by atoms with E-state index in [9.17, 15) is 13.2 Å². The van der Waals surface area contributed by atoms with Crippen LogP contribution in [-0.2, 0) is 15.0 Å². The van der Waals surface area contributed by atoms with Crippen molar-refractivity contribution in [3.8, 4) is 0 Å². The van der Waals surface area contributed by atoms with Crippen molar-refractivity contribution < 1.29 is 13.2 Å². The predicted octanol–water partition coefficient (Wildman–Crippen LogP) is 0.0735. The zero-order valence-corrected chi connectivity index (χ0v) is 12.9. The molecular formula is C12H25N3O3S. The van der Waals surface area contributed by atoms with Crippen LogP contribution in [0.25, 0.3) is 0 Å². The first kappa shape index (κ1) is 16.6. The Morgan fingerprint density at radius 3 is 2.37 bits per heavy atom. The van der Waals surface area contributed by atoms with E-state index in [-0.39, 0.29) is 5.78 Å². The molecule has 112 valence electrons. The van der Waals surface area contributed by atoms with Gasteiger partial charge in [0.05, 0.1) is 0 Å². The van der Waals surface area contributed by atoms with E-state index < -0.39 is 10.2 Å². The van der Waals surface area contributed by atoms with E-state index in [0.717, 1.165) is 32.5 Å². The minimum absolute atomic E-state index is 0.261. The SMILES string of the molecule is CC(=O)CC1CCN(CCNS(=O)(=O)N(C)C)CC1. The van der Waals surface area contributed by atoms with E-state index in [1.54, 1.807) is 6.92 Å². The fourth-order valence-corrected chi connectivity index (χ4v) is 2.89. The van der Waals surface area contributed by atoms with Crippen molar-refractivity contribution in [2.75, 3.05) is 40.3 Å². The van der Waals surface area contributed by atoms with Crippen LogP contribution in [0.15, 0.2) is 0 Å². The van der Waals surface area contributed by atoms with E-state index >= 15 is 0 Å². The molecule has 7 heteroatoms. The van der Waals surface area contributed by atoms with Gasteiger partial charge in [-0.1, -0.05) is 0 Å². The van der Waals surface area contributed by atoms with Crippen molar-refractivity contribution in [2.45, 2.75) is 26.2 Å². The van der Waals surface area contributed by atoms with Crippen LogP contribution in [0, 0.1) is 5.92 Å². The number of nitrogens with one attached hydrogen (secondary N) is 1. The molecule has 0 saturated carbocycles. The highest BCUT2D eigenvalue weighted by molar-refractivity contribution is 7.87. The molecule has 0 bridgehead atoms. The number of nitrogens with zero attached hydrogens (tertiary/aromatic N) is 2. The molecule has 1 fully saturated rings. The summed E-state index contributed by atoms with van der Waals surface area (Å²) >= 11 is 0. The van der Waals surface area contributed by atoms with Crippen molar-refractivity contribution >= 4 is 16.0 Å². The first-order valence-corrected chi connectivity index (χ1v) is 8.14. The number of Topliss-reactive ketones (excluding diaryl/α,β-unsaturated/α-hetero) is 1. The maximum absolute atomic E-state index is 11.5. The van der Waals surface area contributed by atoms with Crippen LogP contribution < -0.4 is 4.72 Å². The zero-order valence-electron chi connectivity index (χ0n) is 12.1. The zero-order chi connectivity index (χ0) is 14.5. The lowest BCUT2D eigenvalue weighted by Gasteiger charge is -2.31. The summed E-state index contributed by atoms with van der Waals surface area (Å²) in [6.45, 7) is 4.68. The highest BCUT2D eigenvalue weighted by atomic mass is 32.2. The minimum atomic E-state index is -3.31. The van der Waals surface area contributed by atoms with Gasteiger partial charge >= 0.3 is 0 Å². The van der Waals surface area contributed by atoms with Gasteiger partial charge in [-0.3, -0.25) is 0 Å². The molecule has 19 heavy (non-hydrogen) atoms. The van der Waals surface area contributed by atoms with Crippen molar-refractivity contribution in [3.05, 3.63) is 0 Å². The number of hydrogen-bond donors (Lipinski definition) is 1. The Morgan fingerprint density at radius 1 is 1.32 bits per heavy atom. The van der Waals surface area contributed by atoms with Crippen LogP contribution >= 0.6 is 0 Å². The maximum Gasteiger partial charge on any atom is 0.278 e. The average Bonchev–Trinajstić information content (AvgIpc) is 2.30. The van der Waals surface area contributed by atoms with Crippen molar-refractivity contribution in [1.82, 2.24) is 13.9 Å². The number of carbonyl (C=O) groups is 1. The van der Waals surface area contributed by atoms with Gasteiger partial charge in [-0.25, -0.2) is 4.72 Å². The monoisotopic (exact) mass is 291 g/mol. The van der Waals surface area contributed by atoms with Crippen LogP contribution in [-0.4, -0.2) is 63.7 Å². The molecule has 0 unspecified atom stereocenters. The van der Waals surface area contributed by atoms with Crippen molar-refractivity contribution in [1.29, 1.82) is 0 Å². The van der Waals surface area contributed by atoms with E-state index in [0.29, 0.717) is 18.9 Å². The summed E-state index contributed by atoms with van der Waals surface area (Å²) in [7, 11) is -0.295. The number of piperidine rings is 1. The lowest BCUT2D eigenvalue weighted by Crippen LogP contribution is -2.42. The van der Waals surface area contributed by atoms with E-state index in [1.807, 2.05) is 0 Å². The topological polar surface area (TPSA) is 69.7 Å². The largest absolute Gasteiger partial charge is 0.302 e. The third-order valence-electron chi connectivity index (χ3n) is 3.48. The molecule has 0 aromatic heterocycles. The summed E-state index contributed by atoms with van der Waals surface area (Å²) in [5, 5.41) is 0. The van der Waals surface area contributed by atoms with Gasteiger partial charge in [-0.2, -0.15) is 12.7 Å². The average molecular weight is 291 g/mol. The highest BCUT2D eigenvalue weighted by Gasteiger charge is 2.20. The smallest absolute Gasteiger partial charge is 0.278 e. The van der Waals surface area contributed by atoms with Gasteiger partial charge in [-0.05, 0) is 38.8 Å². The summed E-state index contributed by atoms with van der Waals surface area (Å²) in [4.78, 5) is 13.3. The molecule has 0 aromatic rings. The second-order valence-electron chi connectivity index (χ2n) is 5.37. The van der Waals surface area contributed by atoms with Crippen LogP contribution in [0.5, 0.6) is 0 Å². The third kappa shape index (κ3) is 5.99. The predicted molar refractivity (Wildman–Crippen MR) is 75.1 cm³/mol. The van der Waals surface area contributed by atoms with Crippen LogP contribution in [0.4, 0.5) is 0 Å². The number of carbonyl (C=O) groups excluding carboxylic acids is 1. The quantitative estimate of drug-likeness (QED) is 0.721. The fourth-order valence-electron chi connectivity index (χ4n) is 2.28. The molecule has 0 amide bonds. The number of rotatable bonds is 7. The number of hydrogen-bond acceptors (Lipinski definition) is 4. The maximum atomic E-state index is 11.5. The Hall–Kier alpha value is -0.500. The van der Waals surface area contributed by atoms with E-state index in [4.69, 9.17) is 0 Å². The molecule has 0 aliphatic carbocycles. The van der Waals surface area contributed by atoms with Crippen molar-refractivity contribution in [3.63, 3.8) is 0 Å². The molecule has 1 heterocycles.